The number of aromatic amines is 1. The van der Waals surface area contributed by atoms with Crippen LogP contribution in [0.25, 0.3) is 10.9 Å². The number of methoxy groups -OCH3 is 1. The highest BCUT2D eigenvalue weighted by molar-refractivity contribution is 6.02. The fourth-order valence-corrected chi connectivity index (χ4v) is 2.26. The van der Waals surface area contributed by atoms with E-state index < -0.39 is 23.2 Å². The highest BCUT2D eigenvalue weighted by Crippen LogP contribution is 2.36. The van der Waals surface area contributed by atoms with Crippen LogP contribution in [-0.4, -0.2) is 34.6 Å². The fourth-order valence-electron chi connectivity index (χ4n) is 2.26. The van der Waals surface area contributed by atoms with Gasteiger partial charge in [0.05, 0.1) is 12.6 Å². The molecule has 1 aliphatic rings. The number of carbonyl (C=O) groups is 2. The topological polar surface area (TPSA) is 91.4 Å². The lowest BCUT2D eigenvalue weighted by Crippen LogP contribution is -2.43. The van der Waals surface area contributed by atoms with Crippen molar-refractivity contribution in [2.75, 3.05) is 7.11 Å². The molecule has 1 aromatic carbocycles. The number of hydrogen-bond donors (Lipinski definition) is 3. The van der Waals surface area contributed by atoms with Crippen molar-refractivity contribution in [3.8, 4) is 5.75 Å². The Labute approximate surface area is 118 Å². The summed E-state index contributed by atoms with van der Waals surface area (Å²) in [6, 6.07) is 4.15. The molecule has 2 aromatic rings. The average Bonchev–Trinajstić information content (AvgIpc) is 3.09. The molecular weight excluding hydrogens is 279 g/mol. The number of halogens is 1. The van der Waals surface area contributed by atoms with E-state index in [1.54, 1.807) is 0 Å². The van der Waals surface area contributed by atoms with E-state index in [9.17, 15) is 14.0 Å². The number of benzene rings is 1. The molecule has 0 spiro atoms. The zero-order chi connectivity index (χ0) is 15.2. The number of carboxylic acids is 1. The second-order valence-corrected chi connectivity index (χ2v) is 5.06. The van der Waals surface area contributed by atoms with Crippen LogP contribution in [-0.2, 0) is 4.79 Å². The van der Waals surface area contributed by atoms with Gasteiger partial charge in [0.1, 0.15) is 22.8 Å². The van der Waals surface area contributed by atoms with Crippen LogP contribution in [0.2, 0.25) is 0 Å². The number of hydrogen-bond acceptors (Lipinski definition) is 3. The van der Waals surface area contributed by atoms with Gasteiger partial charge in [-0.3, -0.25) is 4.79 Å². The van der Waals surface area contributed by atoms with E-state index in [2.05, 4.69) is 10.3 Å². The van der Waals surface area contributed by atoms with E-state index in [1.165, 1.54) is 25.3 Å². The van der Waals surface area contributed by atoms with Crippen LogP contribution in [0.1, 0.15) is 23.3 Å². The van der Waals surface area contributed by atoms with E-state index in [0.717, 1.165) is 0 Å². The van der Waals surface area contributed by atoms with Crippen LogP contribution in [0.3, 0.4) is 0 Å². The lowest BCUT2D eigenvalue weighted by Gasteiger charge is -2.11. The second-order valence-electron chi connectivity index (χ2n) is 5.06. The predicted octanol–water partition coefficient (Wildman–Crippen LogP) is 1.66. The van der Waals surface area contributed by atoms with E-state index in [4.69, 9.17) is 9.84 Å². The molecule has 1 saturated carbocycles. The third kappa shape index (κ3) is 2.10. The standard InChI is InChI=1S/C14H13FN2O4/c1-21-10-3-2-8(15)11-7(10)6-9(16-11)12(18)17-14(4-5-14)13(19)20/h2-3,6,16H,4-5H2,1H3,(H,17,18)(H,19,20). The van der Waals surface area contributed by atoms with Crippen molar-refractivity contribution in [3.63, 3.8) is 0 Å². The van der Waals surface area contributed by atoms with Gasteiger partial charge in [-0.15, -0.1) is 0 Å². The van der Waals surface area contributed by atoms with Crippen molar-refractivity contribution in [1.29, 1.82) is 0 Å². The molecule has 3 N–H and O–H groups in total. The third-order valence-electron chi connectivity index (χ3n) is 3.68. The molecule has 0 bridgehead atoms. The van der Waals surface area contributed by atoms with E-state index in [-0.39, 0.29) is 11.2 Å². The molecule has 0 saturated heterocycles. The van der Waals surface area contributed by atoms with Gasteiger partial charge in [0, 0.05) is 5.39 Å². The van der Waals surface area contributed by atoms with Crippen molar-refractivity contribution in [3.05, 3.63) is 29.7 Å². The largest absolute Gasteiger partial charge is 0.496 e. The van der Waals surface area contributed by atoms with Crippen LogP contribution in [0, 0.1) is 5.82 Å². The Balaban J connectivity index is 1.96. The van der Waals surface area contributed by atoms with Gasteiger partial charge in [-0.05, 0) is 31.0 Å². The Morgan fingerprint density at radius 1 is 1.43 bits per heavy atom. The zero-order valence-corrected chi connectivity index (χ0v) is 11.2. The van der Waals surface area contributed by atoms with Gasteiger partial charge in [0.2, 0.25) is 0 Å². The molecule has 1 aliphatic carbocycles. The van der Waals surface area contributed by atoms with Crippen molar-refractivity contribution < 1.29 is 23.8 Å². The first-order valence-electron chi connectivity index (χ1n) is 6.38. The zero-order valence-electron chi connectivity index (χ0n) is 11.2. The van der Waals surface area contributed by atoms with Crippen molar-refractivity contribution >= 4 is 22.8 Å². The lowest BCUT2D eigenvalue weighted by atomic mass is 10.2. The Morgan fingerprint density at radius 2 is 2.14 bits per heavy atom. The molecule has 21 heavy (non-hydrogen) atoms. The summed E-state index contributed by atoms with van der Waals surface area (Å²) in [5.41, 5.74) is -0.933. The fraction of sp³-hybridized carbons (Fsp3) is 0.286. The van der Waals surface area contributed by atoms with E-state index in [1.807, 2.05) is 0 Å². The van der Waals surface area contributed by atoms with Gasteiger partial charge in [0.15, 0.2) is 0 Å². The molecule has 1 aromatic heterocycles. The number of carbonyl (C=O) groups excluding carboxylic acids is 1. The summed E-state index contributed by atoms with van der Waals surface area (Å²) in [5, 5.41) is 12.0. The molecule has 0 atom stereocenters. The molecule has 0 unspecified atom stereocenters. The Kier molecular flexibility index (Phi) is 2.86. The van der Waals surface area contributed by atoms with E-state index >= 15 is 0 Å². The first-order chi connectivity index (χ1) is 9.97. The Bertz CT molecular complexity index is 749. The van der Waals surface area contributed by atoms with Gasteiger partial charge in [-0.25, -0.2) is 9.18 Å². The number of amides is 1. The number of ether oxygens (including phenoxy) is 1. The number of rotatable bonds is 4. The number of nitrogens with one attached hydrogen (secondary N) is 2. The highest BCUT2D eigenvalue weighted by Gasteiger charge is 2.51. The number of H-pyrrole nitrogens is 1. The summed E-state index contributed by atoms with van der Waals surface area (Å²) in [6.45, 7) is 0. The average molecular weight is 292 g/mol. The molecule has 1 amide bonds. The van der Waals surface area contributed by atoms with Gasteiger partial charge >= 0.3 is 5.97 Å². The van der Waals surface area contributed by atoms with Crippen LogP contribution < -0.4 is 10.1 Å². The summed E-state index contributed by atoms with van der Waals surface area (Å²) >= 11 is 0. The number of fused-ring (bicyclic) bond motifs is 1. The van der Waals surface area contributed by atoms with Crippen molar-refractivity contribution in [2.45, 2.75) is 18.4 Å². The lowest BCUT2D eigenvalue weighted by molar-refractivity contribution is -0.140. The van der Waals surface area contributed by atoms with Crippen LogP contribution in [0.5, 0.6) is 5.75 Å². The van der Waals surface area contributed by atoms with Gasteiger partial charge in [-0.1, -0.05) is 0 Å². The summed E-state index contributed by atoms with van der Waals surface area (Å²) in [4.78, 5) is 25.9. The van der Waals surface area contributed by atoms with Crippen molar-refractivity contribution in [1.82, 2.24) is 10.3 Å². The van der Waals surface area contributed by atoms with Crippen molar-refractivity contribution in [2.24, 2.45) is 0 Å². The minimum Gasteiger partial charge on any atom is -0.496 e. The van der Waals surface area contributed by atoms with Crippen LogP contribution >= 0.6 is 0 Å². The smallest absolute Gasteiger partial charge is 0.329 e. The van der Waals surface area contributed by atoms with Gasteiger partial charge < -0.3 is 20.1 Å². The summed E-state index contributed by atoms with van der Waals surface area (Å²) in [6.07, 6.45) is 0.790. The summed E-state index contributed by atoms with van der Waals surface area (Å²) < 4.78 is 18.9. The molecular formula is C14H13FN2O4. The highest BCUT2D eigenvalue weighted by atomic mass is 19.1. The third-order valence-corrected chi connectivity index (χ3v) is 3.68. The molecule has 3 rings (SSSR count). The Morgan fingerprint density at radius 3 is 2.71 bits per heavy atom. The van der Waals surface area contributed by atoms with Gasteiger partial charge in [0.25, 0.3) is 5.91 Å². The first-order valence-corrected chi connectivity index (χ1v) is 6.38. The normalized spacial score (nSPS) is 15.7. The minimum atomic E-state index is -1.18. The molecule has 7 heteroatoms. The Hall–Kier alpha value is -2.57. The maximum atomic E-state index is 13.7. The maximum absolute atomic E-state index is 13.7. The van der Waals surface area contributed by atoms with Gasteiger partial charge in [-0.2, -0.15) is 0 Å². The number of aromatic nitrogens is 1. The monoisotopic (exact) mass is 292 g/mol. The maximum Gasteiger partial charge on any atom is 0.329 e. The molecule has 0 aliphatic heterocycles. The number of aliphatic carboxylic acids is 1. The molecule has 110 valence electrons. The second kappa shape index (κ2) is 4.47. The van der Waals surface area contributed by atoms with E-state index in [0.29, 0.717) is 24.0 Å². The molecule has 0 radical (unpaired) electrons. The number of carboxylic acid groups (broad SMARTS) is 1. The quantitative estimate of drug-likeness (QED) is 0.799. The molecule has 6 nitrogen and oxygen atoms in total. The van der Waals surface area contributed by atoms with Crippen LogP contribution in [0.4, 0.5) is 4.39 Å². The summed E-state index contributed by atoms with van der Waals surface area (Å²) in [7, 11) is 1.45. The summed E-state index contributed by atoms with van der Waals surface area (Å²) in [5.74, 6) is -1.71. The van der Waals surface area contributed by atoms with Crippen LogP contribution in [0.15, 0.2) is 18.2 Å². The SMILES string of the molecule is COc1ccc(F)c2[nH]c(C(=O)NC3(C(=O)O)CC3)cc12. The molecule has 1 fully saturated rings. The predicted molar refractivity (Wildman–Crippen MR) is 71.9 cm³/mol. The first kappa shape index (κ1) is 13.4. The molecule has 1 heterocycles. The minimum absolute atomic E-state index is 0.0981.